The lowest BCUT2D eigenvalue weighted by Gasteiger charge is -2.26. The Morgan fingerprint density at radius 1 is 1.00 bits per heavy atom. The van der Waals surface area contributed by atoms with Gasteiger partial charge in [-0.2, -0.15) is 9.40 Å². The van der Waals surface area contributed by atoms with Gasteiger partial charge in [-0.15, -0.1) is 0 Å². The van der Waals surface area contributed by atoms with Crippen molar-refractivity contribution >= 4 is 21.6 Å². The first kappa shape index (κ1) is 19.4. The zero-order valence-electron chi connectivity index (χ0n) is 15.8. The van der Waals surface area contributed by atoms with Crippen molar-refractivity contribution in [3.05, 3.63) is 66.4 Å². The van der Waals surface area contributed by atoms with Crippen molar-refractivity contribution in [2.75, 3.05) is 18.4 Å². The monoisotopic (exact) mass is 410 g/mol. The van der Waals surface area contributed by atoms with Gasteiger partial charge in [0.1, 0.15) is 0 Å². The molecule has 4 rings (SSSR count). The van der Waals surface area contributed by atoms with Crippen LogP contribution in [0, 0.1) is 0 Å². The number of carbonyl (C=O) groups is 1. The Balaban J connectivity index is 1.56. The first-order chi connectivity index (χ1) is 14.1. The maximum atomic E-state index is 12.9. The van der Waals surface area contributed by atoms with Crippen molar-refractivity contribution in [3.63, 3.8) is 0 Å². The molecule has 0 saturated carbocycles. The maximum Gasteiger partial charge on any atom is 0.259 e. The summed E-state index contributed by atoms with van der Waals surface area (Å²) in [6.45, 7) is 1.07. The van der Waals surface area contributed by atoms with Gasteiger partial charge in [0, 0.05) is 24.3 Å². The Labute approximate surface area is 169 Å². The minimum atomic E-state index is -3.56. The van der Waals surface area contributed by atoms with Gasteiger partial charge in [0.2, 0.25) is 10.0 Å². The van der Waals surface area contributed by atoms with Crippen molar-refractivity contribution in [1.29, 1.82) is 0 Å². The molecule has 3 aromatic rings. The molecule has 1 aliphatic heterocycles. The van der Waals surface area contributed by atoms with E-state index in [4.69, 9.17) is 0 Å². The van der Waals surface area contributed by atoms with Crippen LogP contribution in [0.3, 0.4) is 0 Å². The number of hydrogen-bond acceptors (Lipinski definition) is 4. The zero-order chi connectivity index (χ0) is 20.3. The topological polar surface area (TPSA) is 95.2 Å². The molecule has 2 N–H and O–H groups in total. The fourth-order valence-corrected chi connectivity index (χ4v) is 5.03. The molecule has 1 saturated heterocycles. The molecule has 1 aromatic heterocycles. The van der Waals surface area contributed by atoms with Crippen molar-refractivity contribution < 1.29 is 13.2 Å². The molecule has 0 radical (unpaired) electrons. The molecule has 0 atom stereocenters. The van der Waals surface area contributed by atoms with Crippen LogP contribution in [-0.4, -0.2) is 41.9 Å². The zero-order valence-corrected chi connectivity index (χ0v) is 16.7. The number of rotatable bonds is 5. The molecular formula is C21H22N4O3S. The van der Waals surface area contributed by atoms with E-state index in [2.05, 4.69) is 15.5 Å². The quantitative estimate of drug-likeness (QED) is 0.673. The highest BCUT2D eigenvalue weighted by Crippen LogP contribution is 2.25. The number of H-pyrrole nitrogens is 1. The summed E-state index contributed by atoms with van der Waals surface area (Å²) in [4.78, 5) is 13.0. The van der Waals surface area contributed by atoms with Crippen molar-refractivity contribution in [3.8, 4) is 11.3 Å². The van der Waals surface area contributed by atoms with E-state index in [0.29, 0.717) is 30.0 Å². The summed E-state index contributed by atoms with van der Waals surface area (Å²) in [5.74, 6) is -0.356. The van der Waals surface area contributed by atoms with Gasteiger partial charge in [0.15, 0.2) is 0 Å². The standard InChI is InChI=1S/C21H22N4O3S/c26-21(19-15-22-24-20(19)16-8-3-1-4-9-16)23-17-10-7-11-18(14-17)29(27,28)25-12-5-2-6-13-25/h1,3-4,7-11,14-15H,2,5-6,12-13H2,(H,22,24)(H,23,26). The second kappa shape index (κ2) is 8.18. The molecule has 1 fully saturated rings. The highest BCUT2D eigenvalue weighted by atomic mass is 32.2. The summed E-state index contributed by atoms with van der Waals surface area (Å²) in [5.41, 5.74) is 2.27. The van der Waals surface area contributed by atoms with Gasteiger partial charge in [-0.25, -0.2) is 8.42 Å². The smallest absolute Gasteiger partial charge is 0.259 e. The van der Waals surface area contributed by atoms with Crippen LogP contribution in [0.4, 0.5) is 5.69 Å². The number of sulfonamides is 1. The summed E-state index contributed by atoms with van der Waals surface area (Å²) in [6.07, 6.45) is 4.26. The number of anilines is 1. The van der Waals surface area contributed by atoms with Crippen molar-refractivity contribution in [2.24, 2.45) is 0 Å². The van der Waals surface area contributed by atoms with Crippen LogP contribution in [0.2, 0.25) is 0 Å². The number of hydrogen-bond donors (Lipinski definition) is 2. The van der Waals surface area contributed by atoms with E-state index in [1.54, 1.807) is 18.2 Å². The van der Waals surface area contributed by atoms with Crippen LogP contribution in [0.1, 0.15) is 29.6 Å². The molecule has 8 heteroatoms. The van der Waals surface area contributed by atoms with E-state index in [1.165, 1.54) is 16.6 Å². The minimum Gasteiger partial charge on any atom is -0.322 e. The van der Waals surface area contributed by atoms with Crippen molar-refractivity contribution in [2.45, 2.75) is 24.2 Å². The highest BCUT2D eigenvalue weighted by Gasteiger charge is 2.26. The third kappa shape index (κ3) is 4.08. The fourth-order valence-electron chi connectivity index (χ4n) is 3.47. The molecule has 1 aliphatic rings. The first-order valence-electron chi connectivity index (χ1n) is 9.56. The van der Waals surface area contributed by atoms with Gasteiger partial charge in [-0.05, 0) is 31.0 Å². The number of piperidine rings is 1. The van der Waals surface area contributed by atoms with Gasteiger partial charge < -0.3 is 5.32 Å². The lowest BCUT2D eigenvalue weighted by atomic mass is 10.1. The summed E-state index contributed by atoms with van der Waals surface area (Å²) >= 11 is 0. The van der Waals surface area contributed by atoms with Crippen molar-refractivity contribution in [1.82, 2.24) is 14.5 Å². The van der Waals surface area contributed by atoms with Gasteiger partial charge in [-0.1, -0.05) is 42.8 Å². The van der Waals surface area contributed by atoms with Gasteiger partial charge >= 0.3 is 0 Å². The van der Waals surface area contributed by atoms with Crippen LogP contribution >= 0.6 is 0 Å². The first-order valence-corrected chi connectivity index (χ1v) is 11.0. The second-order valence-corrected chi connectivity index (χ2v) is 8.91. The molecule has 29 heavy (non-hydrogen) atoms. The average Bonchev–Trinajstić information content (AvgIpc) is 3.25. The van der Waals surface area contributed by atoms with Crippen LogP contribution in [0.5, 0.6) is 0 Å². The third-order valence-corrected chi connectivity index (χ3v) is 6.89. The SMILES string of the molecule is O=C(Nc1cccc(S(=O)(=O)N2CCCCC2)c1)c1cn[nH]c1-c1ccccc1. The summed E-state index contributed by atoms with van der Waals surface area (Å²) < 4.78 is 27.3. The number of nitrogens with one attached hydrogen (secondary N) is 2. The van der Waals surface area contributed by atoms with E-state index >= 15 is 0 Å². The van der Waals surface area contributed by atoms with Gasteiger partial charge in [0.25, 0.3) is 5.91 Å². The maximum absolute atomic E-state index is 12.9. The molecule has 1 amide bonds. The summed E-state index contributed by atoms with van der Waals surface area (Å²) in [5, 5.41) is 9.63. The summed E-state index contributed by atoms with van der Waals surface area (Å²) in [7, 11) is -3.56. The Hall–Kier alpha value is -2.97. The van der Waals surface area contributed by atoms with Crippen LogP contribution in [-0.2, 0) is 10.0 Å². The normalized spacial score (nSPS) is 15.2. The lowest BCUT2D eigenvalue weighted by molar-refractivity contribution is 0.102. The number of aromatic nitrogens is 2. The molecule has 150 valence electrons. The Bertz CT molecular complexity index is 1100. The minimum absolute atomic E-state index is 0.188. The largest absolute Gasteiger partial charge is 0.322 e. The van der Waals surface area contributed by atoms with Crippen LogP contribution in [0.25, 0.3) is 11.3 Å². The van der Waals surface area contributed by atoms with E-state index in [9.17, 15) is 13.2 Å². The molecule has 0 aliphatic carbocycles. The van der Waals surface area contributed by atoms with E-state index in [-0.39, 0.29) is 10.8 Å². The van der Waals surface area contributed by atoms with E-state index < -0.39 is 10.0 Å². The second-order valence-electron chi connectivity index (χ2n) is 6.97. The number of benzene rings is 2. The number of aromatic amines is 1. The third-order valence-electron chi connectivity index (χ3n) is 4.99. The predicted molar refractivity (Wildman–Crippen MR) is 111 cm³/mol. The van der Waals surface area contributed by atoms with Crippen LogP contribution in [0.15, 0.2) is 65.7 Å². The molecule has 2 heterocycles. The molecule has 0 unspecified atom stereocenters. The fraction of sp³-hybridized carbons (Fsp3) is 0.238. The number of nitrogens with zero attached hydrogens (tertiary/aromatic N) is 2. The Morgan fingerprint density at radius 2 is 1.76 bits per heavy atom. The van der Waals surface area contributed by atoms with E-state index in [0.717, 1.165) is 24.8 Å². The number of carbonyl (C=O) groups excluding carboxylic acids is 1. The average molecular weight is 410 g/mol. The number of amides is 1. The summed E-state index contributed by atoms with van der Waals surface area (Å²) in [6, 6.07) is 15.8. The predicted octanol–water partition coefficient (Wildman–Crippen LogP) is 3.50. The Kier molecular flexibility index (Phi) is 5.46. The van der Waals surface area contributed by atoms with Crippen LogP contribution < -0.4 is 5.32 Å². The molecule has 0 bridgehead atoms. The van der Waals surface area contributed by atoms with Gasteiger partial charge in [0.05, 0.1) is 22.3 Å². The molecule has 2 aromatic carbocycles. The lowest BCUT2D eigenvalue weighted by Crippen LogP contribution is -2.35. The Morgan fingerprint density at radius 3 is 2.52 bits per heavy atom. The molecule has 7 nitrogen and oxygen atoms in total. The van der Waals surface area contributed by atoms with E-state index in [1.807, 2.05) is 30.3 Å². The molecular weight excluding hydrogens is 388 g/mol. The molecule has 0 spiro atoms. The van der Waals surface area contributed by atoms with Gasteiger partial charge in [-0.3, -0.25) is 9.89 Å². The highest BCUT2D eigenvalue weighted by molar-refractivity contribution is 7.89.